The van der Waals surface area contributed by atoms with Crippen molar-refractivity contribution < 1.29 is 18.3 Å². The first-order valence-electron chi connectivity index (χ1n) is 8.61. The fraction of sp³-hybridized carbons (Fsp3) is 0.158. The molecule has 1 amide bonds. The lowest BCUT2D eigenvalue weighted by atomic mass is 10.1. The average Bonchev–Trinajstić information content (AvgIpc) is 3.19. The summed E-state index contributed by atoms with van der Waals surface area (Å²) in [5.41, 5.74) is 2.16. The fourth-order valence-corrected chi connectivity index (χ4v) is 4.42. The van der Waals surface area contributed by atoms with Crippen molar-refractivity contribution in [1.82, 2.24) is 9.78 Å². The zero-order valence-electron chi connectivity index (χ0n) is 15.2. The van der Waals surface area contributed by atoms with E-state index in [2.05, 4.69) is 10.4 Å². The van der Waals surface area contributed by atoms with E-state index < -0.39 is 27.4 Å². The molecule has 0 radical (unpaired) electrons. The number of benzene rings is 2. The van der Waals surface area contributed by atoms with Crippen LogP contribution in [-0.4, -0.2) is 24.8 Å². The van der Waals surface area contributed by atoms with E-state index in [-0.39, 0.29) is 22.8 Å². The summed E-state index contributed by atoms with van der Waals surface area (Å²) in [6, 6.07) is 9.78. The number of rotatable bonds is 4. The van der Waals surface area contributed by atoms with Crippen LogP contribution < -0.4 is 5.32 Å². The molecule has 1 aliphatic heterocycles. The number of hydrogen-bond donors (Lipinski definition) is 1. The Bertz CT molecular complexity index is 1170. The largest absolute Gasteiger partial charge is 0.306 e. The second-order valence-electron chi connectivity index (χ2n) is 6.60. The van der Waals surface area contributed by atoms with Crippen LogP contribution >= 0.6 is 0 Å². The highest BCUT2D eigenvalue weighted by atomic mass is 32.2. The monoisotopic (exact) mass is 414 g/mol. The van der Waals surface area contributed by atoms with Crippen LogP contribution in [0.4, 0.5) is 15.9 Å². The molecule has 3 aromatic rings. The highest BCUT2D eigenvalue weighted by Crippen LogP contribution is 2.32. The topological polar surface area (TPSA) is 107 Å². The molecular weight excluding hydrogens is 399 g/mol. The fourth-order valence-electron chi connectivity index (χ4n) is 3.15. The number of carbonyl (C=O) groups excluding carboxylic acids is 1. The number of anilines is 1. The molecule has 4 rings (SSSR count). The molecule has 1 N–H and O–H groups in total. The smallest absolute Gasteiger partial charge is 0.273 e. The molecule has 2 aromatic carbocycles. The Hall–Kier alpha value is -3.40. The maximum absolute atomic E-state index is 13.3. The molecule has 0 saturated heterocycles. The number of nitrogens with one attached hydrogen (secondary N) is 1. The summed E-state index contributed by atoms with van der Waals surface area (Å²) in [5.74, 6) is -0.141. The van der Waals surface area contributed by atoms with E-state index in [0.29, 0.717) is 28.3 Å². The first kappa shape index (κ1) is 18.9. The lowest BCUT2D eigenvalue weighted by Gasteiger charge is -2.11. The van der Waals surface area contributed by atoms with E-state index in [1.54, 1.807) is 6.92 Å². The minimum absolute atomic E-state index is 0.113. The first-order valence-corrected chi connectivity index (χ1v) is 10.1. The Morgan fingerprint density at radius 1 is 1.24 bits per heavy atom. The highest BCUT2D eigenvalue weighted by Gasteiger charge is 2.29. The van der Waals surface area contributed by atoms with Crippen LogP contribution in [0.2, 0.25) is 0 Å². The van der Waals surface area contributed by atoms with E-state index >= 15 is 0 Å². The quantitative estimate of drug-likeness (QED) is 0.521. The average molecular weight is 414 g/mol. The Morgan fingerprint density at radius 2 is 1.97 bits per heavy atom. The van der Waals surface area contributed by atoms with Crippen molar-refractivity contribution in [2.24, 2.45) is 0 Å². The molecule has 0 saturated carbocycles. The van der Waals surface area contributed by atoms with Gasteiger partial charge >= 0.3 is 0 Å². The molecule has 0 spiro atoms. The molecular formula is C19H15FN4O4S. The molecule has 0 unspecified atom stereocenters. The van der Waals surface area contributed by atoms with Gasteiger partial charge in [0.2, 0.25) is 0 Å². The summed E-state index contributed by atoms with van der Waals surface area (Å²) in [5, 5.41) is 18.3. The maximum Gasteiger partial charge on any atom is 0.273 e. The summed E-state index contributed by atoms with van der Waals surface area (Å²) < 4.78 is 26.7. The van der Waals surface area contributed by atoms with Gasteiger partial charge in [-0.25, -0.2) is 9.07 Å². The van der Waals surface area contributed by atoms with Gasteiger partial charge in [0.1, 0.15) is 11.6 Å². The molecule has 29 heavy (non-hydrogen) atoms. The van der Waals surface area contributed by atoms with Crippen molar-refractivity contribution >= 4 is 28.2 Å². The summed E-state index contributed by atoms with van der Waals surface area (Å²) in [4.78, 5) is 23.4. The molecule has 0 bridgehead atoms. The summed E-state index contributed by atoms with van der Waals surface area (Å²) in [7, 11) is -1.12. The Morgan fingerprint density at radius 3 is 2.66 bits per heavy atom. The predicted octanol–water partition coefficient (Wildman–Crippen LogP) is 3.24. The number of aryl methyl sites for hydroxylation is 1. The molecule has 8 nitrogen and oxygen atoms in total. The standard InChI is InChI=1S/C19H15FN4O4S/c1-11-2-3-12(8-17(11)24(26)27)19(25)21-18-15-9-29(28)10-16(15)22-23(18)14-6-4-13(20)5-7-14/h2-8H,9-10H2,1H3,(H,21,25)/t29-/m0/s1. The summed E-state index contributed by atoms with van der Waals surface area (Å²) in [6.07, 6.45) is 0. The van der Waals surface area contributed by atoms with Gasteiger partial charge in [-0.05, 0) is 37.3 Å². The van der Waals surface area contributed by atoms with Gasteiger partial charge in [0, 0.05) is 33.6 Å². The van der Waals surface area contributed by atoms with Crippen molar-refractivity contribution in [3.05, 3.63) is 80.8 Å². The van der Waals surface area contributed by atoms with Crippen molar-refractivity contribution in [1.29, 1.82) is 0 Å². The van der Waals surface area contributed by atoms with Gasteiger partial charge in [-0.15, -0.1) is 0 Å². The van der Waals surface area contributed by atoms with Crippen molar-refractivity contribution in [2.75, 3.05) is 5.32 Å². The number of nitrogens with zero attached hydrogens (tertiary/aromatic N) is 3. The molecule has 1 atom stereocenters. The molecule has 148 valence electrons. The van der Waals surface area contributed by atoms with Crippen LogP contribution in [0.25, 0.3) is 5.69 Å². The molecule has 2 heterocycles. The first-order chi connectivity index (χ1) is 13.8. The van der Waals surface area contributed by atoms with Crippen molar-refractivity contribution in [2.45, 2.75) is 18.4 Å². The SMILES string of the molecule is Cc1ccc(C(=O)Nc2c3c(nn2-c2ccc(F)cc2)C[S@@](=O)C3)cc1[N+](=O)[O-]. The molecule has 1 aliphatic rings. The van der Waals surface area contributed by atoms with E-state index in [1.807, 2.05) is 0 Å². The van der Waals surface area contributed by atoms with E-state index in [1.165, 1.54) is 47.1 Å². The number of hydrogen-bond acceptors (Lipinski definition) is 5. The minimum Gasteiger partial charge on any atom is -0.306 e. The predicted molar refractivity (Wildman–Crippen MR) is 105 cm³/mol. The zero-order chi connectivity index (χ0) is 20.7. The Balaban J connectivity index is 1.74. The van der Waals surface area contributed by atoms with Gasteiger partial charge in [0.05, 0.1) is 27.8 Å². The lowest BCUT2D eigenvalue weighted by Crippen LogP contribution is -2.17. The minimum atomic E-state index is -1.12. The number of nitro groups is 1. The van der Waals surface area contributed by atoms with Crippen molar-refractivity contribution in [3.63, 3.8) is 0 Å². The number of halogens is 1. The number of amides is 1. The van der Waals surface area contributed by atoms with Gasteiger partial charge in [0.25, 0.3) is 11.6 Å². The Kier molecular flexibility index (Phi) is 4.71. The summed E-state index contributed by atoms with van der Waals surface area (Å²) >= 11 is 0. The van der Waals surface area contributed by atoms with Gasteiger partial charge in [-0.2, -0.15) is 5.10 Å². The third kappa shape index (κ3) is 3.54. The number of carbonyl (C=O) groups is 1. The molecule has 0 aliphatic carbocycles. The third-order valence-corrected chi connectivity index (χ3v) is 5.85. The van der Waals surface area contributed by atoms with Gasteiger partial charge in [-0.1, -0.05) is 6.07 Å². The van der Waals surface area contributed by atoms with Crippen LogP contribution in [0.5, 0.6) is 0 Å². The van der Waals surface area contributed by atoms with Crippen LogP contribution in [0, 0.1) is 22.9 Å². The number of fused-ring (bicyclic) bond motifs is 1. The second-order valence-corrected chi connectivity index (χ2v) is 8.06. The molecule has 1 aromatic heterocycles. The third-order valence-electron chi connectivity index (χ3n) is 4.64. The second kappa shape index (κ2) is 7.21. The van der Waals surface area contributed by atoms with Gasteiger partial charge < -0.3 is 5.32 Å². The zero-order valence-corrected chi connectivity index (χ0v) is 16.0. The summed E-state index contributed by atoms with van der Waals surface area (Å²) in [6.45, 7) is 1.59. The van der Waals surface area contributed by atoms with Crippen LogP contribution in [0.3, 0.4) is 0 Å². The van der Waals surface area contributed by atoms with E-state index in [0.717, 1.165) is 0 Å². The van der Waals surface area contributed by atoms with Crippen LogP contribution in [0.15, 0.2) is 42.5 Å². The lowest BCUT2D eigenvalue weighted by molar-refractivity contribution is -0.385. The van der Waals surface area contributed by atoms with Crippen LogP contribution in [0.1, 0.15) is 27.2 Å². The number of nitro benzene ring substituents is 1. The number of aromatic nitrogens is 2. The maximum atomic E-state index is 13.3. The van der Waals surface area contributed by atoms with E-state index in [4.69, 9.17) is 0 Å². The van der Waals surface area contributed by atoms with Crippen LogP contribution in [-0.2, 0) is 22.3 Å². The molecule has 10 heteroatoms. The van der Waals surface area contributed by atoms with E-state index in [9.17, 15) is 23.5 Å². The molecule has 0 fully saturated rings. The van der Waals surface area contributed by atoms with Gasteiger partial charge in [-0.3, -0.25) is 19.1 Å². The van der Waals surface area contributed by atoms with Crippen molar-refractivity contribution in [3.8, 4) is 5.69 Å². The van der Waals surface area contributed by atoms with Gasteiger partial charge in [0.15, 0.2) is 0 Å². The normalized spacial score (nSPS) is 15.2. The highest BCUT2D eigenvalue weighted by molar-refractivity contribution is 7.83. The Labute approximate surface area is 167 Å².